The molecule has 2 atom stereocenters. The average molecular weight is 563 g/mol. The third-order valence-electron chi connectivity index (χ3n) is 8.09. The van der Waals surface area contributed by atoms with E-state index in [9.17, 15) is 4.79 Å². The second-order valence-electron chi connectivity index (χ2n) is 10.7. The van der Waals surface area contributed by atoms with Gasteiger partial charge in [0.15, 0.2) is 11.5 Å². The van der Waals surface area contributed by atoms with Gasteiger partial charge in [0, 0.05) is 30.3 Å². The molecule has 2 aliphatic rings. The Bertz CT molecular complexity index is 1270. The van der Waals surface area contributed by atoms with E-state index >= 15 is 0 Å². The van der Waals surface area contributed by atoms with Gasteiger partial charge < -0.3 is 19.6 Å². The molecule has 6 heteroatoms. The quantitative estimate of drug-likeness (QED) is 0.268. The lowest BCUT2D eigenvalue weighted by Gasteiger charge is -2.22. The number of anilines is 1. The number of ether oxygens (including phenoxy) is 2. The zero-order valence-electron chi connectivity index (χ0n) is 24.6. The summed E-state index contributed by atoms with van der Waals surface area (Å²) in [5.74, 6) is 2.06. The minimum atomic E-state index is 0.278. The Morgan fingerprint density at radius 1 is 1.00 bits per heavy atom. The number of halogens is 1. The van der Waals surface area contributed by atoms with E-state index in [1.54, 1.807) is 0 Å². The molecule has 0 radical (unpaired) electrons. The average Bonchev–Trinajstić information content (AvgIpc) is 3.59. The maximum absolute atomic E-state index is 11.3. The molecule has 2 aliphatic heterocycles. The highest BCUT2D eigenvalue weighted by molar-refractivity contribution is 6.30. The lowest BCUT2D eigenvalue weighted by Crippen LogP contribution is -2.25. The smallest absolute Gasteiger partial charge is 0.231 e. The van der Waals surface area contributed by atoms with E-state index in [2.05, 4.69) is 74.3 Å². The van der Waals surface area contributed by atoms with Gasteiger partial charge in [-0.15, -0.1) is 0 Å². The molecule has 214 valence electrons. The summed E-state index contributed by atoms with van der Waals surface area (Å²) in [6.07, 6.45) is 6.34. The molecule has 0 amide bonds. The number of hydrogen-bond donors (Lipinski definition) is 1. The summed E-state index contributed by atoms with van der Waals surface area (Å²) < 4.78 is 11.1. The van der Waals surface area contributed by atoms with Gasteiger partial charge in [-0.05, 0) is 96.2 Å². The number of aryl methyl sites for hydroxylation is 4. The maximum Gasteiger partial charge on any atom is 0.231 e. The number of nitrogens with zero attached hydrogens (tertiary/aromatic N) is 1. The van der Waals surface area contributed by atoms with E-state index in [1.165, 1.54) is 39.1 Å². The van der Waals surface area contributed by atoms with Gasteiger partial charge in [-0.1, -0.05) is 63.1 Å². The van der Waals surface area contributed by atoms with Gasteiger partial charge in [-0.2, -0.15) is 0 Å². The van der Waals surface area contributed by atoms with E-state index in [-0.39, 0.29) is 6.04 Å². The number of benzene rings is 3. The molecule has 2 heterocycles. The van der Waals surface area contributed by atoms with E-state index in [1.807, 2.05) is 19.2 Å². The van der Waals surface area contributed by atoms with Crippen molar-refractivity contribution < 1.29 is 14.3 Å². The van der Waals surface area contributed by atoms with Crippen LogP contribution in [0.15, 0.2) is 48.5 Å². The first-order valence-electron chi connectivity index (χ1n) is 14.6. The highest BCUT2D eigenvalue weighted by Crippen LogP contribution is 2.44. The molecule has 1 saturated heterocycles. The van der Waals surface area contributed by atoms with E-state index < -0.39 is 0 Å². The number of likely N-dealkylation sites (tertiary alicyclic amines) is 1. The van der Waals surface area contributed by atoms with Crippen molar-refractivity contribution >= 4 is 23.6 Å². The van der Waals surface area contributed by atoms with Crippen molar-refractivity contribution in [2.45, 2.75) is 71.8 Å². The van der Waals surface area contributed by atoms with Crippen LogP contribution in [0.4, 0.5) is 5.69 Å². The lowest BCUT2D eigenvalue weighted by molar-refractivity contribution is -0.109. The summed E-state index contributed by atoms with van der Waals surface area (Å²) in [4.78, 5) is 13.6. The van der Waals surface area contributed by atoms with Crippen molar-refractivity contribution in [1.29, 1.82) is 0 Å². The normalized spacial score (nSPS) is 17.9. The Labute approximate surface area is 244 Å². The Hall–Kier alpha value is -3.02. The first kappa shape index (κ1) is 30.0. The van der Waals surface area contributed by atoms with Gasteiger partial charge in [-0.25, -0.2) is 0 Å². The molecular formula is C34H43ClN2O3. The Balaban J connectivity index is 0.000000240. The van der Waals surface area contributed by atoms with Crippen LogP contribution in [-0.4, -0.2) is 38.1 Å². The summed E-state index contributed by atoms with van der Waals surface area (Å²) in [5.41, 5.74) is 9.06. The van der Waals surface area contributed by atoms with Crippen LogP contribution in [0.2, 0.25) is 5.02 Å². The number of carbonyl (C=O) groups excluding carboxylic acids is 1. The first-order valence-corrected chi connectivity index (χ1v) is 15.0. The maximum atomic E-state index is 11.3. The van der Waals surface area contributed by atoms with Crippen LogP contribution >= 0.6 is 11.6 Å². The van der Waals surface area contributed by atoms with Gasteiger partial charge in [0.25, 0.3) is 0 Å². The van der Waals surface area contributed by atoms with Crippen molar-refractivity contribution in [3.05, 3.63) is 86.9 Å². The highest BCUT2D eigenvalue weighted by atomic mass is 35.5. The van der Waals surface area contributed by atoms with E-state index in [4.69, 9.17) is 21.1 Å². The zero-order valence-corrected chi connectivity index (χ0v) is 25.3. The van der Waals surface area contributed by atoms with Crippen LogP contribution in [0.5, 0.6) is 11.5 Å². The molecular weight excluding hydrogens is 520 g/mol. The highest BCUT2D eigenvalue weighted by Gasteiger charge is 2.35. The van der Waals surface area contributed by atoms with E-state index in [0.29, 0.717) is 19.3 Å². The molecule has 0 bridgehead atoms. The summed E-state index contributed by atoms with van der Waals surface area (Å²) in [7, 11) is 1.96. The Morgan fingerprint density at radius 2 is 1.65 bits per heavy atom. The monoisotopic (exact) mass is 562 g/mol. The fraction of sp³-hybridized carbons (Fsp3) is 0.441. The lowest BCUT2D eigenvalue weighted by atomic mass is 9.90. The van der Waals surface area contributed by atoms with Crippen LogP contribution in [-0.2, 0) is 24.1 Å². The van der Waals surface area contributed by atoms with Crippen LogP contribution in [0.3, 0.4) is 0 Å². The molecule has 3 aromatic rings. The number of carbonyl (C=O) groups is 1. The number of fused-ring (bicyclic) bond motifs is 1. The molecule has 1 fully saturated rings. The van der Waals surface area contributed by atoms with Crippen molar-refractivity contribution in [2.75, 3.05) is 32.2 Å². The number of rotatable bonds is 9. The SMILES string of the molecule is CCCc1ccc([C@H]2C[C@@H](c3cc4c(cc3C)OCO4)CN2CC=O)cc1.CCc1cc(Cl)cc(CC)c1NC. The van der Waals surface area contributed by atoms with Crippen LogP contribution in [0, 0.1) is 6.92 Å². The number of aldehydes is 1. The second kappa shape index (κ2) is 14.0. The molecule has 0 spiro atoms. The summed E-state index contributed by atoms with van der Waals surface area (Å²) >= 11 is 6.01. The molecule has 1 N–H and O–H groups in total. The van der Waals surface area contributed by atoms with Crippen molar-refractivity contribution in [2.24, 2.45) is 0 Å². The minimum absolute atomic E-state index is 0.278. The number of nitrogens with one attached hydrogen (secondary N) is 1. The Morgan fingerprint density at radius 3 is 2.23 bits per heavy atom. The largest absolute Gasteiger partial charge is 0.454 e. The van der Waals surface area contributed by atoms with E-state index in [0.717, 1.165) is 61.5 Å². The molecule has 0 unspecified atom stereocenters. The minimum Gasteiger partial charge on any atom is -0.454 e. The standard InChI is InChI=1S/C23H27NO3.C11H16ClN/c1-3-4-17-5-7-18(8-6-17)21-12-19(14-24(21)9-10-25)20-13-23-22(11-16(20)2)26-15-27-23;1-4-8-6-10(12)7-9(5-2)11(8)13-3/h5-8,10-11,13,19,21H,3-4,9,12,14-15H2,1-2H3;6-7,13H,4-5H2,1-3H3/t19-,21-;/m1./s1. The summed E-state index contributed by atoms with van der Waals surface area (Å²) in [5, 5.41) is 4.08. The van der Waals surface area contributed by atoms with Gasteiger partial charge in [0.05, 0.1) is 6.54 Å². The van der Waals surface area contributed by atoms with Crippen molar-refractivity contribution in [3.8, 4) is 11.5 Å². The van der Waals surface area contributed by atoms with Gasteiger partial charge in [0.2, 0.25) is 6.79 Å². The van der Waals surface area contributed by atoms with Crippen LogP contribution in [0.25, 0.3) is 0 Å². The predicted molar refractivity (Wildman–Crippen MR) is 165 cm³/mol. The fourth-order valence-corrected chi connectivity index (χ4v) is 6.33. The van der Waals surface area contributed by atoms with Gasteiger partial charge in [-0.3, -0.25) is 4.90 Å². The second-order valence-corrected chi connectivity index (χ2v) is 11.1. The van der Waals surface area contributed by atoms with Crippen LogP contribution < -0.4 is 14.8 Å². The van der Waals surface area contributed by atoms with Crippen molar-refractivity contribution in [1.82, 2.24) is 4.90 Å². The summed E-state index contributed by atoms with van der Waals surface area (Å²) in [6, 6.07) is 17.5. The third-order valence-corrected chi connectivity index (χ3v) is 8.31. The van der Waals surface area contributed by atoms with Crippen molar-refractivity contribution in [3.63, 3.8) is 0 Å². The van der Waals surface area contributed by atoms with Crippen LogP contribution in [0.1, 0.15) is 79.0 Å². The molecule has 0 aromatic heterocycles. The molecule has 5 nitrogen and oxygen atoms in total. The fourth-order valence-electron chi connectivity index (χ4n) is 6.07. The molecule has 3 aromatic carbocycles. The molecule has 5 rings (SSSR count). The Kier molecular flexibility index (Phi) is 10.5. The number of hydrogen-bond acceptors (Lipinski definition) is 5. The first-order chi connectivity index (χ1) is 19.4. The summed E-state index contributed by atoms with van der Waals surface area (Å²) in [6.45, 7) is 10.3. The molecule has 0 saturated carbocycles. The third kappa shape index (κ3) is 6.82. The predicted octanol–water partition coefficient (Wildman–Crippen LogP) is 7.91. The topological polar surface area (TPSA) is 50.8 Å². The van der Waals surface area contributed by atoms with Gasteiger partial charge >= 0.3 is 0 Å². The molecule has 0 aliphatic carbocycles. The zero-order chi connectivity index (χ0) is 28.6. The molecule has 40 heavy (non-hydrogen) atoms. The van der Waals surface area contributed by atoms with Gasteiger partial charge in [0.1, 0.15) is 6.29 Å².